The van der Waals surface area contributed by atoms with Crippen LogP contribution >= 0.6 is 0 Å². The van der Waals surface area contributed by atoms with Crippen molar-refractivity contribution in [3.8, 4) is 0 Å². The molecule has 1 aromatic heterocycles. The Morgan fingerprint density at radius 1 is 1.42 bits per heavy atom. The second kappa shape index (κ2) is 6.85. The van der Waals surface area contributed by atoms with E-state index in [-0.39, 0.29) is 0 Å². The van der Waals surface area contributed by atoms with E-state index in [0.29, 0.717) is 12.0 Å². The van der Waals surface area contributed by atoms with Gasteiger partial charge in [0, 0.05) is 31.5 Å². The third-order valence-electron chi connectivity index (χ3n) is 4.04. The molecule has 1 N–H and O–H groups in total. The number of anilines is 1. The maximum absolute atomic E-state index is 4.50. The van der Waals surface area contributed by atoms with Gasteiger partial charge in [0.2, 0.25) is 0 Å². The van der Waals surface area contributed by atoms with Crippen molar-refractivity contribution in [3.63, 3.8) is 0 Å². The van der Waals surface area contributed by atoms with Crippen LogP contribution < -0.4 is 10.2 Å². The summed E-state index contributed by atoms with van der Waals surface area (Å²) in [5.41, 5.74) is 1.04. The molecule has 1 fully saturated rings. The molecule has 19 heavy (non-hydrogen) atoms. The molecule has 0 radical (unpaired) electrons. The van der Waals surface area contributed by atoms with Crippen LogP contribution in [-0.2, 0) is 0 Å². The summed E-state index contributed by atoms with van der Waals surface area (Å²) >= 11 is 0. The maximum Gasteiger partial charge on any atom is 0.150 e. The lowest BCUT2D eigenvalue weighted by Gasteiger charge is -2.37. The van der Waals surface area contributed by atoms with Crippen LogP contribution in [0.1, 0.15) is 38.8 Å². The molecule has 1 aliphatic heterocycles. The number of piperidine rings is 1. The molecular formula is C15H26N4. The zero-order chi connectivity index (χ0) is 13.7. The van der Waals surface area contributed by atoms with Gasteiger partial charge < -0.3 is 10.2 Å². The van der Waals surface area contributed by atoms with Gasteiger partial charge in [0.15, 0.2) is 0 Å². The molecule has 0 aliphatic carbocycles. The van der Waals surface area contributed by atoms with Crippen molar-refractivity contribution in [1.82, 2.24) is 15.3 Å². The van der Waals surface area contributed by atoms with Gasteiger partial charge in [-0.3, -0.25) is 4.98 Å². The zero-order valence-electron chi connectivity index (χ0n) is 12.4. The monoisotopic (exact) mass is 262 g/mol. The Bertz CT molecular complexity index is 393. The van der Waals surface area contributed by atoms with Gasteiger partial charge in [-0.25, -0.2) is 4.98 Å². The first-order chi connectivity index (χ1) is 9.22. The number of hydrogen-bond donors (Lipinski definition) is 1. The Morgan fingerprint density at radius 3 is 2.95 bits per heavy atom. The molecule has 0 amide bonds. The SMILES string of the molecule is CCCNC(C)C1CCCN(c2nccnc2C)C1. The van der Waals surface area contributed by atoms with Crippen LogP contribution in [0, 0.1) is 12.8 Å². The highest BCUT2D eigenvalue weighted by atomic mass is 15.2. The molecular weight excluding hydrogens is 236 g/mol. The standard InChI is InChI=1S/C15H26N4/c1-4-7-16-12(2)14-6-5-10-19(11-14)15-13(3)17-8-9-18-15/h8-9,12,14,16H,4-7,10-11H2,1-3H3. The highest BCUT2D eigenvalue weighted by Gasteiger charge is 2.25. The van der Waals surface area contributed by atoms with E-state index in [4.69, 9.17) is 0 Å². The molecule has 2 heterocycles. The van der Waals surface area contributed by atoms with Gasteiger partial charge in [0.05, 0.1) is 5.69 Å². The summed E-state index contributed by atoms with van der Waals surface area (Å²) in [5.74, 6) is 1.77. The number of nitrogens with zero attached hydrogens (tertiary/aromatic N) is 3. The summed E-state index contributed by atoms with van der Waals surface area (Å²) < 4.78 is 0. The number of aromatic nitrogens is 2. The van der Waals surface area contributed by atoms with E-state index < -0.39 is 0 Å². The van der Waals surface area contributed by atoms with Crippen molar-refractivity contribution >= 4 is 5.82 Å². The van der Waals surface area contributed by atoms with E-state index in [1.807, 2.05) is 6.92 Å². The summed E-state index contributed by atoms with van der Waals surface area (Å²) in [6, 6.07) is 0.583. The van der Waals surface area contributed by atoms with E-state index in [2.05, 4.69) is 34.0 Å². The normalized spacial score (nSPS) is 21.4. The summed E-state index contributed by atoms with van der Waals surface area (Å²) in [5, 5.41) is 3.63. The van der Waals surface area contributed by atoms with Crippen molar-refractivity contribution in [3.05, 3.63) is 18.1 Å². The van der Waals surface area contributed by atoms with Crippen molar-refractivity contribution in [2.24, 2.45) is 5.92 Å². The first kappa shape index (κ1) is 14.3. The molecule has 4 heteroatoms. The Balaban J connectivity index is 1.99. The topological polar surface area (TPSA) is 41.0 Å². The molecule has 2 atom stereocenters. The minimum absolute atomic E-state index is 0.583. The molecule has 106 valence electrons. The Morgan fingerprint density at radius 2 is 2.21 bits per heavy atom. The fraction of sp³-hybridized carbons (Fsp3) is 0.733. The lowest BCUT2D eigenvalue weighted by Crippen LogP contribution is -2.45. The van der Waals surface area contributed by atoms with Crippen LogP contribution in [0.2, 0.25) is 0 Å². The van der Waals surface area contributed by atoms with Crippen LogP contribution in [0.5, 0.6) is 0 Å². The molecule has 0 saturated carbocycles. The molecule has 1 aliphatic rings. The van der Waals surface area contributed by atoms with Gasteiger partial charge in [0.1, 0.15) is 5.82 Å². The second-order valence-electron chi connectivity index (χ2n) is 5.56. The minimum Gasteiger partial charge on any atom is -0.355 e. The number of hydrogen-bond acceptors (Lipinski definition) is 4. The van der Waals surface area contributed by atoms with Crippen molar-refractivity contribution < 1.29 is 0 Å². The molecule has 0 spiro atoms. The highest BCUT2D eigenvalue weighted by Crippen LogP contribution is 2.24. The van der Waals surface area contributed by atoms with Gasteiger partial charge in [-0.1, -0.05) is 6.92 Å². The van der Waals surface area contributed by atoms with Gasteiger partial charge >= 0.3 is 0 Å². The van der Waals surface area contributed by atoms with Gasteiger partial charge in [-0.2, -0.15) is 0 Å². The molecule has 1 aromatic rings. The summed E-state index contributed by atoms with van der Waals surface area (Å²) in [4.78, 5) is 11.3. The summed E-state index contributed by atoms with van der Waals surface area (Å²) in [6.45, 7) is 9.89. The molecule has 0 bridgehead atoms. The number of aryl methyl sites for hydroxylation is 1. The number of rotatable bonds is 5. The smallest absolute Gasteiger partial charge is 0.150 e. The predicted octanol–water partition coefficient (Wildman–Crippen LogP) is 2.39. The first-order valence-electron chi connectivity index (χ1n) is 7.48. The average molecular weight is 262 g/mol. The average Bonchev–Trinajstić information content (AvgIpc) is 2.45. The fourth-order valence-electron chi connectivity index (χ4n) is 2.86. The maximum atomic E-state index is 4.50. The highest BCUT2D eigenvalue weighted by molar-refractivity contribution is 5.42. The molecule has 2 rings (SSSR count). The lowest BCUT2D eigenvalue weighted by atomic mass is 9.91. The second-order valence-corrected chi connectivity index (χ2v) is 5.56. The summed E-state index contributed by atoms with van der Waals surface area (Å²) in [7, 11) is 0. The Hall–Kier alpha value is -1.16. The fourth-order valence-corrected chi connectivity index (χ4v) is 2.86. The van der Waals surface area contributed by atoms with Gasteiger partial charge in [0.25, 0.3) is 0 Å². The van der Waals surface area contributed by atoms with Crippen LogP contribution in [-0.4, -0.2) is 35.6 Å². The molecule has 2 unspecified atom stereocenters. The van der Waals surface area contributed by atoms with Crippen LogP contribution in [0.15, 0.2) is 12.4 Å². The van der Waals surface area contributed by atoms with E-state index in [1.54, 1.807) is 12.4 Å². The van der Waals surface area contributed by atoms with E-state index in [9.17, 15) is 0 Å². The Labute approximate surface area is 116 Å². The quantitative estimate of drug-likeness (QED) is 0.884. The minimum atomic E-state index is 0.583. The van der Waals surface area contributed by atoms with Crippen molar-refractivity contribution in [1.29, 1.82) is 0 Å². The van der Waals surface area contributed by atoms with E-state index >= 15 is 0 Å². The van der Waals surface area contributed by atoms with Crippen LogP contribution in [0.4, 0.5) is 5.82 Å². The molecule has 1 saturated heterocycles. The lowest BCUT2D eigenvalue weighted by molar-refractivity contribution is 0.319. The summed E-state index contributed by atoms with van der Waals surface area (Å²) in [6.07, 6.45) is 7.33. The largest absolute Gasteiger partial charge is 0.355 e. The number of nitrogens with one attached hydrogen (secondary N) is 1. The van der Waals surface area contributed by atoms with E-state index in [0.717, 1.165) is 31.1 Å². The molecule has 0 aromatic carbocycles. The zero-order valence-corrected chi connectivity index (χ0v) is 12.4. The van der Waals surface area contributed by atoms with Gasteiger partial charge in [-0.05, 0) is 45.6 Å². The third kappa shape index (κ3) is 3.66. The third-order valence-corrected chi connectivity index (χ3v) is 4.04. The van der Waals surface area contributed by atoms with Crippen LogP contribution in [0.3, 0.4) is 0 Å². The first-order valence-corrected chi connectivity index (χ1v) is 7.48. The Kier molecular flexibility index (Phi) is 5.14. The van der Waals surface area contributed by atoms with Crippen molar-refractivity contribution in [2.45, 2.75) is 46.1 Å². The molecule has 4 nitrogen and oxygen atoms in total. The van der Waals surface area contributed by atoms with Gasteiger partial charge in [-0.15, -0.1) is 0 Å². The van der Waals surface area contributed by atoms with Crippen LogP contribution in [0.25, 0.3) is 0 Å². The van der Waals surface area contributed by atoms with E-state index in [1.165, 1.54) is 19.3 Å². The van der Waals surface area contributed by atoms with Crippen molar-refractivity contribution in [2.75, 3.05) is 24.5 Å². The predicted molar refractivity (Wildman–Crippen MR) is 79.5 cm³/mol.